The fourth-order valence-corrected chi connectivity index (χ4v) is 2.05. The van der Waals surface area contributed by atoms with E-state index in [0.717, 1.165) is 18.6 Å². The number of halogens is 3. The number of benzene rings is 1. The van der Waals surface area contributed by atoms with Crippen molar-refractivity contribution in [2.24, 2.45) is 0 Å². The van der Waals surface area contributed by atoms with Crippen molar-refractivity contribution in [3.8, 4) is 0 Å². The van der Waals surface area contributed by atoms with Gasteiger partial charge in [0.2, 0.25) is 0 Å². The molecular weight excluding hydrogens is 286 g/mol. The highest BCUT2D eigenvalue weighted by atomic mass is 35.5. The van der Waals surface area contributed by atoms with Crippen LogP contribution in [-0.4, -0.2) is 9.97 Å². The summed E-state index contributed by atoms with van der Waals surface area (Å²) in [6.45, 7) is 1.97. The SMILES string of the molecule is CCCc1c(N)ncnc1Nc1c(F)cc(F)cc1Cl. The van der Waals surface area contributed by atoms with Gasteiger partial charge in [0.1, 0.15) is 23.8 Å². The molecule has 2 aromatic rings. The number of aromatic nitrogens is 2. The van der Waals surface area contributed by atoms with Crippen molar-refractivity contribution in [1.29, 1.82) is 0 Å². The number of hydrogen-bond acceptors (Lipinski definition) is 4. The van der Waals surface area contributed by atoms with E-state index in [1.165, 1.54) is 6.33 Å². The summed E-state index contributed by atoms with van der Waals surface area (Å²) in [5, 5.41) is 2.69. The molecule has 0 fully saturated rings. The number of nitrogens with one attached hydrogen (secondary N) is 1. The van der Waals surface area contributed by atoms with Crippen molar-refractivity contribution in [3.63, 3.8) is 0 Å². The number of hydrogen-bond donors (Lipinski definition) is 2. The van der Waals surface area contributed by atoms with Gasteiger partial charge in [-0.2, -0.15) is 0 Å². The Morgan fingerprint density at radius 2 is 2.05 bits per heavy atom. The van der Waals surface area contributed by atoms with Crippen LogP contribution in [0.5, 0.6) is 0 Å². The van der Waals surface area contributed by atoms with Gasteiger partial charge in [-0.3, -0.25) is 0 Å². The summed E-state index contributed by atoms with van der Waals surface area (Å²) < 4.78 is 26.8. The first-order chi connectivity index (χ1) is 9.52. The maximum Gasteiger partial charge on any atom is 0.151 e. The Bertz CT molecular complexity index is 611. The Morgan fingerprint density at radius 3 is 2.70 bits per heavy atom. The highest BCUT2D eigenvalue weighted by Crippen LogP contribution is 2.31. The van der Waals surface area contributed by atoms with E-state index < -0.39 is 11.6 Å². The third-order valence-corrected chi connectivity index (χ3v) is 3.03. The molecule has 0 radical (unpaired) electrons. The van der Waals surface area contributed by atoms with E-state index in [-0.39, 0.29) is 10.7 Å². The number of anilines is 3. The minimum Gasteiger partial charge on any atom is -0.383 e. The van der Waals surface area contributed by atoms with Crippen LogP contribution >= 0.6 is 11.6 Å². The van der Waals surface area contributed by atoms with Crippen LogP contribution in [0, 0.1) is 11.6 Å². The molecule has 1 aromatic carbocycles. The zero-order valence-electron chi connectivity index (χ0n) is 10.8. The molecule has 0 spiro atoms. The molecular formula is C13H13ClF2N4. The standard InChI is InChI=1S/C13H13ClF2N4/c1-2-3-8-12(17)18-6-19-13(8)20-11-9(14)4-7(15)5-10(11)16/h4-6H,2-3H2,1H3,(H3,17,18,19,20). The van der Waals surface area contributed by atoms with Gasteiger partial charge in [-0.05, 0) is 12.5 Å². The molecule has 0 saturated heterocycles. The lowest BCUT2D eigenvalue weighted by molar-refractivity contribution is 0.586. The molecule has 1 aromatic heterocycles. The van der Waals surface area contributed by atoms with Crippen molar-refractivity contribution in [2.45, 2.75) is 19.8 Å². The molecule has 2 rings (SSSR count). The van der Waals surface area contributed by atoms with E-state index in [2.05, 4.69) is 15.3 Å². The highest BCUT2D eigenvalue weighted by molar-refractivity contribution is 6.33. The van der Waals surface area contributed by atoms with Gasteiger partial charge in [0.15, 0.2) is 5.82 Å². The molecule has 0 atom stereocenters. The minimum atomic E-state index is -0.797. The maximum absolute atomic E-state index is 13.8. The van der Waals surface area contributed by atoms with Crippen molar-refractivity contribution < 1.29 is 8.78 Å². The summed E-state index contributed by atoms with van der Waals surface area (Å²) in [7, 11) is 0. The molecule has 0 bridgehead atoms. The largest absolute Gasteiger partial charge is 0.383 e. The molecule has 106 valence electrons. The molecule has 20 heavy (non-hydrogen) atoms. The second-order valence-corrected chi connectivity index (χ2v) is 4.61. The first-order valence-electron chi connectivity index (χ1n) is 6.03. The van der Waals surface area contributed by atoms with Crippen LogP contribution in [0.4, 0.5) is 26.1 Å². The molecule has 4 nitrogen and oxygen atoms in total. The molecule has 7 heteroatoms. The summed E-state index contributed by atoms with van der Waals surface area (Å²) in [6, 6.07) is 1.77. The van der Waals surface area contributed by atoms with Gasteiger partial charge in [0.05, 0.1) is 10.7 Å². The molecule has 0 unspecified atom stereocenters. The Balaban J connectivity index is 2.43. The maximum atomic E-state index is 13.8. The first-order valence-corrected chi connectivity index (χ1v) is 6.41. The summed E-state index contributed by atoms with van der Waals surface area (Å²) in [4.78, 5) is 7.94. The quantitative estimate of drug-likeness (QED) is 0.903. The van der Waals surface area contributed by atoms with Crippen molar-refractivity contribution in [1.82, 2.24) is 9.97 Å². The van der Waals surface area contributed by atoms with Crippen molar-refractivity contribution >= 4 is 28.9 Å². The first kappa shape index (κ1) is 14.5. The summed E-state index contributed by atoms with van der Waals surface area (Å²) in [6.07, 6.45) is 2.73. The fourth-order valence-electron chi connectivity index (χ4n) is 1.81. The van der Waals surface area contributed by atoms with E-state index in [1.807, 2.05) is 6.92 Å². The van der Waals surface area contributed by atoms with Gasteiger partial charge in [0, 0.05) is 11.6 Å². The topological polar surface area (TPSA) is 63.8 Å². The van der Waals surface area contributed by atoms with Crippen LogP contribution in [0.2, 0.25) is 5.02 Å². The number of nitrogens with two attached hydrogens (primary N) is 1. The predicted molar refractivity (Wildman–Crippen MR) is 75.1 cm³/mol. The lowest BCUT2D eigenvalue weighted by Gasteiger charge is -2.13. The van der Waals surface area contributed by atoms with Gasteiger partial charge in [-0.15, -0.1) is 0 Å². The fraction of sp³-hybridized carbons (Fsp3) is 0.231. The van der Waals surface area contributed by atoms with E-state index in [9.17, 15) is 8.78 Å². The number of nitrogen functional groups attached to an aromatic ring is 1. The molecule has 0 aliphatic rings. The van der Waals surface area contributed by atoms with E-state index >= 15 is 0 Å². The normalized spacial score (nSPS) is 10.6. The van der Waals surface area contributed by atoms with Gasteiger partial charge < -0.3 is 11.1 Å². The molecule has 0 aliphatic heterocycles. The van der Waals surface area contributed by atoms with Crippen LogP contribution in [0.1, 0.15) is 18.9 Å². The Labute approximate surface area is 120 Å². The Morgan fingerprint density at radius 1 is 1.30 bits per heavy atom. The molecule has 0 saturated carbocycles. The van der Waals surface area contributed by atoms with E-state index in [0.29, 0.717) is 23.6 Å². The predicted octanol–water partition coefficient (Wildman–Crippen LogP) is 3.69. The average molecular weight is 299 g/mol. The van der Waals surface area contributed by atoms with E-state index in [1.54, 1.807) is 0 Å². The summed E-state index contributed by atoms with van der Waals surface area (Å²) in [5.41, 5.74) is 6.42. The van der Waals surface area contributed by atoms with Crippen molar-refractivity contribution in [2.75, 3.05) is 11.1 Å². The van der Waals surface area contributed by atoms with Crippen LogP contribution in [0.25, 0.3) is 0 Å². The van der Waals surface area contributed by atoms with Crippen LogP contribution in [0.15, 0.2) is 18.5 Å². The average Bonchev–Trinajstić information content (AvgIpc) is 2.37. The summed E-state index contributed by atoms with van der Waals surface area (Å²) in [5.74, 6) is -0.849. The highest BCUT2D eigenvalue weighted by Gasteiger charge is 2.14. The monoisotopic (exact) mass is 298 g/mol. The van der Waals surface area contributed by atoms with Crippen LogP contribution in [0.3, 0.4) is 0 Å². The number of rotatable bonds is 4. The Hall–Kier alpha value is -1.95. The lowest BCUT2D eigenvalue weighted by Crippen LogP contribution is -2.06. The van der Waals surface area contributed by atoms with Gasteiger partial charge >= 0.3 is 0 Å². The smallest absolute Gasteiger partial charge is 0.151 e. The molecule has 3 N–H and O–H groups in total. The van der Waals surface area contributed by atoms with Gasteiger partial charge in [-0.25, -0.2) is 18.7 Å². The second-order valence-electron chi connectivity index (χ2n) is 4.21. The van der Waals surface area contributed by atoms with Gasteiger partial charge in [-0.1, -0.05) is 24.9 Å². The summed E-state index contributed by atoms with van der Waals surface area (Å²) >= 11 is 5.84. The minimum absolute atomic E-state index is 0.0384. The molecule has 0 amide bonds. The van der Waals surface area contributed by atoms with Crippen molar-refractivity contribution in [3.05, 3.63) is 40.7 Å². The Kier molecular flexibility index (Phi) is 4.34. The number of nitrogens with zero attached hydrogens (tertiary/aromatic N) is 2. The van der Waals surface area contributed by atoms with Crippen LogP contribution < -0.4 is 11.1 Å². The second kappa shape index (κ2) is 6.00. The van der Waals surface area contributed by atoms with E-state index in [4.69, 9.17) is 17.3 Å². The molecule has 1 heterocycles. The zero-order chi connectivity index (χ0) is 14.7. The van der Waals surface area contributed by atoms with Crippen LogP contribution in [-0.2, 0) is 6.42 Å². The third-order valence-electron chi connectivity index (χ3n) is 2.73. The third kappa shape index (κ3) is 2.96. The molecule has 0 aliphatic carbocycles. The zero-order valence-corrected chi connectivity index (χ0v) is 11.5. The van der Waals surface area contributed by atoms with Gasteiger partial charge in [0.25, 0.3) is 0 Å². The lowest BCUT2D eigenvalue weighted by atomic mass is 10.1.